The summed E-state index contributed by atoms with van der Waals surface area (Å²) in [5, 5.41) is 1.23. The van der Waals surface area contributed by atoms with Gasteiger partial charge in [-0.2, -0.15) is 8.75 Å². The van der Waals surface area contributed by atoms with E-state index in [9.17, 15) is 0 Å². The Morgan fingerprint density at radius 1 is 1.32 bits per heavy atom. The maximum Gasteiger partial charge on any atom is 0.145 e. The number of unbranched alkanes of at least 4 members (excludes halogenated alkanes) is 1. The predicted molar refractivity (Wildman–Crippen MR) is 81.5 cm³/mol. The normalized spacial score (nSPS) is 33.8. The smallest absolute Gasteiger partial charge is 0.145 e. The van der Waals surface area contributed by atoms with E-state index in [0.29, 0.717) is 6.04 Å². The highest BCUT2D eigenvalue weighted by molar-refractivity contribution is 7.99. The van der Waals surface area contributed by atoms with E-state index in [1.54, 1.807) is 0 Å². The number of aromatic nitrogens is 2. The SMILES string of the molecule is CCCCSc1nsnc1C1CC2CC[N+]1(C)CC2. The molecule has 3 nitrogen and oxygen atoms in total. The van der Waals surface area contributed by atoms with Gasteiger partial charge in [0, 0.05) is 6.42 Å². The molecule has 3 aliphatic rings. The van der Waals surface area contributed by atoms with Gasteiger partial charge in [-0.1, -0.05) is 13.3 Å². The Morgan fingerprint density at radius 3 is 2.79 bits per heavy atom. The third kappa shape index (κ3) is 2.69. The van der Waals surface area contributed by atoms with Crippen LogP contribution in [0.15, 0.2) is 5.03 Å². The van der Waals surface area contributed by atoms with Crippen LogP contribution in [0.1, 0.15) is 50.8 Å². The lowest BCUT2D eigenvalue weighted by atomic mass is 9.80. The molecule has 3 saturated heterocycles. The zero-order valence-electron chi connectivity index (χ0n) is 12.0. The quantitative estimate of drug-likeness (QED) is 0.470. The molecular weight excluding hydrogens is 274 g/mol. The van der Waals surface area contributed by atoms with Crippen molar-refractivity contribution in [1.82, 2.24) is 8.75 Å². The van der Waals surface area contributed by atoms with Crippen LogP contribution in [-0.4, -0.2) is 39.1 Å². The van der Waals surface area contributed by atoms with Crippen LogP contribution in [0.3, 0.4) is 0 Å². The molecule has 106 valence electrons. The summed E-state index contributed by atoms with van der Waals surface area (Å²) in [4.78, 5) is 0. The van der Waals surface area contributed by atoms with Crippen LogP contribution < -0.4 is 0 Å². The molecule has 4 heterocycles. The van der Waals surface area contributed by atoms with E-state index in [4.69, 9.17) is 0 Å². The first-order chi connectivity index (χ1) is 9.23. The Morgan fingerprint density at radius 2 is 2.11 bits per heavy atom. The third-order valence-corrected chi connectivity index (χ3v) is 6.66. The summed E-state index contributed by atoms with van der Waals surface area (Å²) in [7, 11) is 2.43. The molecule has 0 saturated carbocycles. The van der Waals surface area contributed by atoms with Crippen molar-refractivity contribution < 1.29 is 4.48 Å². The van der Waals surface area contributed by atoms with Crippen molar-refractivity contribution in [2.75, 3.05) is 25.9 Å². The van der Waals surface area contributed by atoms with Crippen molar-refractivity contribution in [3.8, 4) is 0 Å². The summed E-state index contributed by atoms with van der Waals surface area (Å²) in [5.74, 6) is 2.13. The summed E-state index contributed by atoms with van der Waals surface area (Å²) in [6.07, 6.45) is 6.72. The summed E-state index contributed by atoms with van der Waals surface area (Å²) in [6, 6.07) is 0.621. The van der Waals surface area contributed by atoms with Crippen molar-refractivity contribution >= 4 is 23.5 Å². The zero-order valence-corrected chi connectivity index (χ0v) is 13.6. The largest absolute Gasteiger partial charge is 0.318 e. The second kappa shape index (κ2) is 5.70. The predicted octanol–water partition coefficient (Wildman–Crippen LogP) is 3.73. The first-order valence-electron chi connectivity index (χ1n) is 7.52. The van der Waals surface area contributed by atoms with E-state index in [1.807, 2.05) is 11.8 Å². The highest BCUT2D eigenvalue weighted by Crippen LogP contribution is 2.46. The highest BCUT2D eigenvalue weighted by atomic mass is 32.2. The first kappa shape index (κ1) is 13.8. The first-order valence-corrected chi connectivity index (χ1v) is 9.24. The maximum atomic E-state index is 4.68. The van der Waals surface area contributed by atoms with E-state index in [1.165, 1.54) is 77.9 Å². The van der Waals surface area contributed by atoms with Gasteiger partial charge in [-0.3, -0.25) is 0 Å². The molecule has 0 aliphatic carbocycles. The average molecular weight is 299 g/mol. The Kier molecular flexibility index (Phi) is 4.15. The minimum absolute atomic E-state index is 0.621. The molecule has 5 heteroatoms. The summed E-state index contributed by atoms with van der Waals surface area (Å²) in [6.45, 7) is 4.93. The molecule has 2 bridgehead atoms. The second-order valence-corrected chi connectivity index (χ2v) is 7.89. The molecule has 3 fully saturated rings. The maximum absolute atomic E-state index is 4.68. The fraction of sp³-hybridized carbons (Fsp3) is 0.857. The standard InChI is InChI=1S/C14H24N3S2/c1-3-4-9-18-14-13(15-19-16-14)12-10-11-5-7-17(12,2)8-6-11/h11-12H,3-10H2,1-2H3/q+1. The van der Waals surface area contributed by atoms with E-state index in [0.717, 1.165) is 5.92 Å². The van der Waals surface area contributed by atoms with Gasteiger partial charge < -0.3 is 4.48 Å². The third-order valence-electron chi connectivity index (χ3n) is 4.94. The van der Waals surface area contributed by atoms with Gasteiger partial charge in [0.25, 0.3) is 0 Å². The monoisotopic (exact) mass is 298 g/mol. The zero-order chi connectivity index (χ0) is 13.3. The molecule has 0 spiro atoms. The Bertz CT molecular complexity index is 424. The minimum atomic E-state index is 0.621. The molecule has 1 aromatic heterocycles. The van der Waals surface area contributed by atoms with Crippen LogP contribution in [0.25, 0.3) is 0 Å². The van der Waals surface area contributed by atoms with Crippen LogP contribution in [0.4, 0.5) is 0 Å². The van der Waals surface area contributed by atoms with Crippen LogP contribution >= 0.6 is 23.5 Å². The summed E-state index contributed by atoms with van der Waals surface area (Å²) in [5.41, 5.74) is 1.32. The lowest BCUT2D eigenvalue weighted by molar-refractivity contribution is -0.955. The second-order valence-electron chi connectivity index (χ2n) is 6.28. The summed E-state index contributed by atoms with van der Waals surface area (Å²) >= 11 is 3.34. The Hall–Kier alpha value is -0.130. The van der Waals surface area contributed by atoms with Crippen molar-refractivity contribution in [3.05, 3.63) is 5.69 Å². The van der Waals surface area contributed by atoms with Crippen molar-refractivity contribution in [3.63, 3.8) is 0 Å². The molecule has 0 radical (unpaired) electrons. The van der Waals surface area contributed by atoms with Crippen molar-refractivity contribution in [2.24, 2.45) is 5.92 Å². The molecule has 19 heavy (non-hydrogen) atoms. The lowest BCUT2D eigenvalue weighted by Crippen LogP contribution is -2.57. The fourth-order valence-electron chi connectivity index (χ4n) is 3.54. The average Bonchev–Trinajstić information content (AvgIpc) is 2.87. The minimum Gasteiger partial charge on any atom is -0.318 e. The number of hydrogen-bond acceptors (Lipinski definition) is 4. The Balaban J connectivity index is 1.77. The molecule has 4 rings (SSSR count). The van der Waals surface area contributed by atoms with Crippen LogP contribution in [-0.2, 0) is 0 Å². The number of nitrogens with zero attached hydrogens (tertiary/aromatic N) is 3. The van der Waals surface area contributed by atoms with E-state index in [2.05, 4.69) is 22.7 Å². The van der Waals surface area contributed by atoms with Gasteiger partial charge in [0.2, 0.25) is 0 Å². The molecule has 0 aromatic carbocycles. The van der Waals surface area contributed by atoms with Gasteiger partial charge in [-0.05, 0) is 30.9 Å². The van der Waals surface area contributed by atoms with E-state index in [-0.39, 0.29) is 0 Å². The van der Waals surface area contributed by atoms with Gasteiger partial charge in [0.15, 0.2) is 0 Å². The van der Waals surface area contributed by atoms with Crippen LogP contribution in [0, 0.1) is 5.92 Å². The number of thioether (sulfide) groups is 1. The van der Waals surface area contributed by atoms with Crippen LogP contribution in [0.2, 0.25) is 0 Å². The molecule has 1 aromatic rings. The highest BCUT2D eigenvalue weighted by Gasteiger charge is 2.47. The van der Waals surface area contributed by atoms with Gasteiger partial charge in [0.05, 0.1) is 31.9 Å². The number of rotatable bonds is 5. The molecule has 0 amide bonds. The van der Waals surface area contributed by atoms with Gasteiger partial charge in [0.1, 0.15) is 16.8 Å². The van der Waals surface area contributed by atoms with Gasteiger partial charge >= 0.3 is 0 Å². The summed E-state index contributed by atoms with van der Waals surface area (Å²) < 4.78 is 10.4. The number of piperidine rings is 3. The van der Waals surface area contributed by atoms with Crippen molar-refractivity contribution in [1.29, 1.82) is 0 Å². The molecule has 1 unspecified atom stereocenters. The van der Waals surface area contributed by atoms with Crippen molar-refractivity contribution in [2.45, 2.75) is 50.1 Å². The molecule has 0 N–H and O–H groups in total. The molecule has 3 aliphatic heterocycles. The van der Waals surface area contributed by atoms with Gasteiger partial charge in [-0.15, -0.1) is 11.8 Å². The fourth-order valence-corrected chi connectivity index (χ4v) is 5.37. The number of hydrogen-bond donors (Lipinski definition) is 0. The molecular formula is C14H24N3S2+. The number of fused-ring (bicyclic) bond motifs is 3. The van der Waals surface area contributed by atoms with E-state index < -0.39 is 0 Å². The Labute approximate surface area is 124 Å². The molecule has 1 atom stereocenters. The van der Waals surface area contributed by atoms with Crippen LogP contribution in [0.5, 0.6) is 0 Å². The lowest BCUT2D eigenvalue weighted by Gasteiger charge is -2.51. The topological polar surface area (TPSA) is 25.8 Å². The van der Waals surface area contributed by atoms with E-state index >= 15 is 0 Å². The van der Waals surface area contributed by atoms with Gasteiger partial charge in [-0.25, -0.2) is 0 Å². The number of quaternary nitrogens is 1.